The Hall–Kier alpha value is -2.32. The maximum Gasteiger partial charge on any atom is 0.345 e. The highest BCUT2D eigenvalue weighted by molar-refractivity contribution is 7.88. The third-order valence-electron chi connectivity index (χ3n) is 1.98. The van der Waals surface area contributed by atoms with Crippen molar-refractivity contribution >= 4 is 21.2 Å². The Morgan fingerprint density at radius 3 is 2.94 bits per heavy atom. The highest BCUT2D eigenvalue weighted by Gasteiger charge is 2.17. The van der Waals surface area contributed by atoms with Crippen molar-refractivity contribution in [1.82, 2.24) is 14.4 Å². The fraction of sp³-hybridized carbons (Fsp3) is 0.143. The van der Waals surface area contributed by atoms with E-state index in [1.807, 2.05) is 0 Å². The van der Waals surface area contributed by atoms with E-state index in [-0.39, 0.29) is 5.52 Å². The third kappa shape index (κ3) is 1.86. The smallest absolute Gasteiger partial charge is 0.345 e. The Morgan fingerprint density at radius 1 is 1.53 bits per heavy atom. The van der Waals surface area contributed by atoms with Crippen molar-refractivity contribution in [2.24, 2.45) is 4.52 Å². The van der Waals surface area contributed by atoms with Gasteiger partial charge in [0, 0.05) is 11.0 Å². The van der Waals surface area contributed by atoms with Gasteiger partial charge in [-0.1, -0.05) is 5.21 Å². The molecule has 0 saturated heterocycles. The molecule has 1 aromatic heterocycles. The molecule has 1 heterocycles. The molecule has 0 radical (unpaired) electrons. The Balaban J connectivity index is 2.75. The van der Waals surface area contributed by atoms with Gasteiger partial charge < -0.3 is 4.74 Å². The van der Waals surface area contributed by atoms with Crippen LogP contribution in [0.15, 0.2) is 22.7 Å². The van der Waals surface area contributed by atoms with Gasteiger partial charge in [-0.25, -0.2) is 0 Å². The first kappa shape index (κ1) is 11.2. The SMILES string of the molecule is COc1ccc2nnn(S(=O)(=O)N=[N+]=[N-])c2c1. The molecule has 17 heavy (non-hydrogen) atoms. The summed E-state index contributed by atoms with van der Waals surface area (Å²) >= 11 is 0. The van der Waals surface area contributed by atoms with Crippen LogP contribution in [0.2, 0.25) is 0 Å². The van der Waals surface area contributed by atoms with Gasteiger partial charge in [0.2, 0.25) is 0 Å². The van der Waals surface area contributed by atoms with E-state index in [1.54, 1.807) is 12.1 Å². The Morgan fingerprint density at radius 2 is 2.29 bits per heavy atom. The summed E-state index contributed by atoms with van der Waals surface area (Å²) in [7, 11) is -2.78. The summed E-state index contributed by atoms with van der Waals surface area (Å²) in [5.41, 5.74) is 8.69. The maximum absolute atomic E-state index is 11.5. The molecule has 1 aromatic carbocycles. The first-order chi connectivity index (χ1) is 8.08. The second-order valence-electron chi connectivity index (χ2n) is 2.94. The molecule has 0 fully saturated rings. The summed E-state index contributed by atoms with van der Waals surface area (Å²) in [6, 6.07) is 4.59. The molecular formula is C7H6N6O3S. The van der Waals surface area contributed by atoms with Crippen molar-refractivity contribution < 1.29 is 13.2 Å². The van der Waals surface area contributed by atoms with Crippen molar-refractivity contribution in [3.63, 3.8) is 0 Å². The number of hydrogen-bond donors (Lipinski definition) is 0. The molecule has 0 bridgehead atoms. The number of fused-ring (bicyclic) bond motifs is 1. The van der Waals surface area contributed by atoms with Gasteiger partial charge in [-0.2, -0.15) is 8.42 Å². The second-order valence-corrected chi connectivity index (χ2v) is 4.34. The van der Waals surface area contributed by atoms with Crippen LogP contribution in [0.4, 0.5) is 0 Å². The van der Waals surface area contributed by atoms with Crippen LogP contribution in [-0.2, 0) is 10.2 Å². The number of benzene rings is 1. The highest BCUT2D eigenvalue weighted by atomic mass is 32.2. The summed E-state index contributed by atoms with van der Waals surface area (Å²) in [6.07, 6.45) is 0. The predicted molar refractivity (Wildman–Crippen MR) is 57.5 cm³/mol. The van der Waals surface area contributed by atoms with Gasteiger partial charge in [0.1, 0.15) is 16.8 Å². The molecule has 0 atom stereocenters. The average molecular weight is 254 g/mol. The fourth-order valence-corrected chi connectivity index (χ4v) is 1.94. The zero-order chi connectivity index (χ0) is 12.5. The van der Waals surface area contributed by atoms with Gasteiger partial charge in [-0.15, -0.1) is 9.19 Å². The molecule has 10 heteroatoms. The molecule has 0 N–H and O–H groups in total. The lowest BCUT2D eigenvalue weighted by Crippen LogP contribution is -2.10. The van der Waals surface area contributed by atoms with Crippen LogP contribution >= 0.6 is 0 Å². The Labute approximate surface area is 95.4 Å². The topological polar surface area (TPSA) is 123 Å². The summed E-state index contributed by atoms with van der Waals surface area (Å²) < 4.78 is 31.2. The van der Waals surface area contributed by atoms with Gasteiger partial charge in [-0.05, 0) is 17.7 Å². The molecule has 0 aliphatic carbocycles. The van der Waals surface area contributed by atoms with Crippen LogP contribution in [0.1, 0.15) is 0 Å². The standard InChI is InChI=1S/C7H6N6O3S/c1-16-5-2-3-6-7(4-5)13(11-9-6)17(14,15)12-10-8/h2-4H,1H3. The number of aromatic nitrogens is 3. The lowest BCUT2D eigenvalue weighted by atomic mass is 10.3. The minimum atomic E-state index is -4.22. The van der Waals surface area contributed by atoms with E-state index in [0.717, 1.165) is 0 Å². The lowest BCUT2D eigenvalue weighted by Gasteiger charge is -2.00. The van der Waals surface area contributed by atoms with Gasteiger partial charge in [0.15, 0.2) is 0 Å². The molecule has 0 saturated carbocycles. The normalized spacial score (nSPS) is 11.1. The van der Waals surface area contributed by atoms with Crippen molar-refractivity contribution in [1.29, 1.82) is 0 Å². The predicted octanol–water partition coefficient (Wildman–Crippen LogP) is 0.843. The highest BCUT2D eigenvalue weighted by Crippen LogP contribution is 2.20. The van der Waals surface area contributed by atoms with E-state index < -0.39 is 10.2 Å². The molecule has 0 unspecified atom stereocenters. The van der Waals surface area contributed by atoms with E-state index in [1.165, 1.54) is 13.2 Å². The Bertz CT molecular complexity index is 714. The van der Waals surface area contributed by atoms with Crippen LogP contribution in [-0.4, -0.2) is 29.9 Å². The number of methoxy groups -OCH3 is 1. The van der Waals surface area contributed by atoms with Crippen LogP contribution in [0.25, 0.3) is 21.5 Å². The summed E-state index contributed by atoms with van der Waals surface area (Å²) in [5.74, 6) is 0.442. The zero-order valence-electron chi connectivity index (χ0n) is 8.55. The quantitative estimate of drug-likeness (QED) is 0.456. The van der Waals surface area contributed by atoms with E-state index in [9.17, 15) is 8.42 Å². The minimum absolute atomic E-state index is 0.178. The first-order valence-electron chi connectivity index (χ1n) is 4.30. The van der Waals surface area contributed by atoms with Crippen molar-refractivity contribution in [2.75, 3.05) is 7.11 Å². The number of hydrogen-bond acceptors (Lipinski definition) is 5. The maximum atomic E-state index is 11.5. The number of azide groups is 1. The molecule has 0 spiro atoms. The molecule has 0 aliphatic heterocycles. The monoisotopic (exact) mass is 254 g/mol. The molecular weight excluding hydrogens is 248 g/mol. The molecule has 2 aromatic rings. The van der Waals surface area contributed by atoms with E-state index >= 15 is 0 Å². The number of nitrogens with zero attached hydrogens (tertiary/aromatic N) is 6. The van der Waals surface area contributed by atoms with Crippen molar-refractivity contribution in [3.05, 3.63) is 28.6 Å². The summed E-state index contributed by atoms with van der Waals surface area (Å²) in [6.45, 7) is 0. The average Bonchev–Trinajstić information content (AvgIpc) is 2.71. The van der Waals surface area contributed by atoms with E-state index in [2.05, 4.69) is 19.7 Å². The van der Waals surface area contributed by atoms with Gasteiger partial charge >= 0.3 is 10.2 Å². The third-order valence-corrected chi connectivity index (χ3v) is 2.97. The van der Waals surface area contributed by atoms with E-state index in [0.29, 0.717) is 15.4 Å². The lowest BCUT2D eigenvalue weighted by molar-refractivity contribution is 0.415. The van der Waals surface area contributed by atoms with Gasteiger partial charge in [0.25, 0.3) is 0 Å². The zero-order valence-corrected chi connectivity index (χ0v) is 9.36. The van der Waals surface area contributed by atoms with Crippen LogP contribution in [0.5, 0.6) is 5.75 Å². The van der Waals surface area contributed by atoms with Gasteiger partial charge in [0.05, 0.1) is 11.6 Å². The second kappa shape index (κ2) is 3.92. The Kier molecular flexibility index (Phi) is 2.58. The van der Waals surface area contributed by atoms with Gasteiger partial charge in [-0.3, -0.25) is 0 Å². The first-order valence-corrected chi connectivity index (χ1v) is 5.69. The molecule has 9 nitrogen and oxygen atoms in total. The van der Waals surface area contributed by atoms with Crippen LogP contribution in [0.3, 0.4) is 0 Å². The summed E-state index contributed by atoms with van der Waals surface area (Å²) in [5, 5.41) is 7.06. The van der Waals surface area contributed by atoms with Crippen molar-refractivity contribution in [3.8, 4) is 5.75 Å². The summed E-state index contributed by atoms with van der Waals surface area (Å²) in [4.78, 5) is 2.23. The molecule has 2 rings (SSSR count). The van der Waals surface area contributed by atoms with Crippen LogP contribution in [0, 0.1) is 0 Å². The largest absolute Gasteiger partial charge is 0.497 e. The number of ether oxygens (including phenoxy) is 1. The molecule has 0 aliphatic rings. The minimum Gasteiger partial charge on any atom is -0.497 e. The molecule has 88 valence electrons. The van der Waals surface area contributed by atoms with Crippen molar-refractivity contribution in [2.45, 2.75) is 0 Å². The van der Waals surface area contributed by atoms with E-state index in [4.69, 9.17) is 10.3 Å². The number of rotatable bonds is 3. The van der Waals surface area contributed by atoms with Crippen LogP contribution < -0.4 is 4.74 Å². The fourth-order valence-electron chi connectivity index (χ4n) is 1.26. The molecule has 0 amide bonds.